The average Bonchev–Trinajstić information content (AvgIpc) is 2.86. The van der Waals surface area contributed by atoms with Crippen LogP contribution in [0.4, 0.5) is 11.6 Å². The Kier molecular flexibility index (Phi) is 4.52. The summed E-state index contributed by atoms with van der Waals surface area (Å²) in [5, 5.41) is 7.62. The van der Waals surface area contributed by atoms with Gasteiger partial charge in [-0.3, -0.25) is 0 Å². The molecule has 0 fully saturated rings. The molecule has 0 aromatic carbocycles. The molecule has 0 aliphatic carbocycles. The Morgan fingerprint density at radius 3 is 2.94 bits per heavy atom. The molecule has 2 aromatic rings. The predicted molar refractivity (Wildman–Crippen MR) is 77.0 cm³/mol. The number of nitrogen functional groups attached to an aromatic ring is 1. The maximum Gasteiger partial charge on any atom is 0.134 e. The van der Waals surface area contributed by atoms with Gasteiger partial charge in [-0.1, -0.05) is 13.3 Å². The Bertz CT molecular complexity index is 482. The van der Waals surface area contributed by atoms with Crippen molar-refractivity contribution in [2.45, 2.75) is 26.2 Å². The number of nitrogens with zero attached hydrogens (tertiary/aromatic N) is 2. The molecule has 5 heteroatoms. The van der Waals surface area contributed by atoms with Gasteiger partial charge in [-0.15, -0.1) is 0 Å². The van der Waals surface area contributed by atoms with E-state index in [9.17, 15) is 0 Å². The normalized spacial score (nSPS) is 10.5. The van der Waals surface area contributed by atoms with Crippen LogP contribution in [0.1, 0.15) is 24.5 Å². The van der Waals surface area contributed by atoms with Crippen LogP contribution in [0.3, 0.4) is 0 Å². The lowest BCUT2D eigenvalue weighted by molar-refractivity contribution is 0.898. The molecule has 0 bridgehead atoms. The van der Waals surface area contributed by atoms with Crippen molar-refractivity contribution in [3.05, 3.63) is 34.3 Å². The Morgan fingerprint density at radius 1 is 1.33 bits per heavy atom. The minimum absolute atomic E-state index is 0.588. The molecule has 4 nitrogen and oxygen atoms in total. The molecule has 0 aliphatic heterocycles. The van der Waals surface area contributed by atoms with E-state index in [1.165, 1.54) is 11.9 Å². The first kappa shape index (κ1) is 12.8. The summed E-state index contributed by atoms with van der Waals surface area (Å²) >= 11 is 1.73. The zero-order valence-corrected chi connectivity index (χ0v) is 11.3. The van der Waals surface area contributed by atoms with Crippen LogP contribution in [-0.4, -0.2) is 16.5 Å². The van der Waals surface area contributed by atoms with Crippen LogP contribution in [0, 0.1) is 0 Å². The van der Waals surface area contributed by atoms with Gasteiger partial charge in [-0.05, 0) is 35.2 Å². The van der Waals surface area contributed by atoms with Crippen molar-refractivity contribution < 1.29 is 0 Å². The van der Waals surface area contributed by atoms with Gasteiger partial charge < -0.3 is 11.1 Å². The van der Waals surface area contributed by atoms with Gasteiger partial charge in [0.15, 0.2) is 0 Å². The van der Waals surface area contributed by atoms with E-state index in [-0.39, 0.29) is 0 Å². The van der Waals surface area contributed by atoms with E-state index in [1.807, 2.05) is 0 Å². The summed E-state index contributed by atoms with van der Waals surface area (Å²) in [6.07, 6.45) is 4.46. The average molecular weight is 262 g/mol. The molecule has 18 heavy (non-hydrogen) atoms. The van der Waals surface area contributed by atoms with Crippen LogP contribution in [0.25, 0.3) is 0 Å². The summed E-state index contributed by atoms with van der Waals surface area (Å²) in [5.41, 5.74) is 8.27. The van der Waals surface area contributed by atoms with Crippen molar-refractivity contribution in [1.82, 2.24) is 9.97 Å². The summed E-state index contributed by atoms with van der Waals surface area (Å²) in [6.45, 7) is 2.99. The molecule has 0 atom stereocenters. The highest BCUT2D eigenvalue weighted by Crippen LogP contribution is 2.19. The van der Waals surface area contributed by atoms with Crippen molar-refractivity contribution in [2.75, 3.05) is 17.6 Å². The first-order chi connectivity index (χ1) is 8.81. The molecular weight excluding hydrogens is 244 g/mol. The molecule has 0 amide bonds. The van der Waals surface area contributed by atoms with Crippen LogP contribution < -0.4 is 11.1 Å². The second-order valence-electron chi connectivity index (χ2n) is 4.14. The number of hydrogen-bond donors (Lipinski definition) is 2. The van der Waals surface area contributed by atoms with Gasteiger partial charge in [-0.25, -0.2) is 9.97 Å². The summed E-state index contributed by atoms with van der Waals surface area (Å²) in [6, 6.07) is 2.15. The number of anilines is 2. The van der Waals surface area contributed by atoms with Crippen molar-refractivity contribution in [3.8, 4) is 0 Å². The lowest BCUT2D eigenvalue weighted by Crippen LogP contribution is -2.10. The van der Waals surface area contributed by atoms with E-state index in [0.717, 1.165) is 37.2 Å². The number of thiophene rings is 1. The number of nitrogens with one attached hydrogen (secondary N) is 1. The largest absolute Gasteiger partial charge is 0.383 e. The second-order valence-corrected chi connectivity index (χ2v) is 4.92. The molecule has 0 spiro atoms. The van der Waals surface area contributed by atoms with Crippen LogP contribution in [0.2, 0.25) is 0 Å². The van der Waals surface area contributed by atoms with Crippen molar-refractivity contribution in [3.63, 3.8) is 0 Å². The van der Waals surface area contributed by atoms with Crippen LogP contribution >= 0.6 is 11.3 Å². The fourth-order valence-corrected chi connectivity index (χ4v) is 2.54. The second kappa shape index (κ2) is 6.35. The number of nitrogens with two attached hydrogens (primary N) is 1. The van der Waals surface area contributed by atoms with Crippen LogP contribution in [-0.2, 0) is 12.8 Å². The Labute approximate surface area is 111 Å². The zero-order chi connectivity index (χ0) is 12.8. The minimum atomic E-state index is 0.588. The van der Waals surface area contributed by atoms with Gasteiger partial charge in [0, 0.05) is 12.1 Å². The van der Waals surface area contributed by atoms with Crippen molar-refractivity contribution >= 4 is 23.0 Å². The molecule has 2 heterocycles. The highest BCUT2D eigenvalue weighted by molar-refractivity contribution is 7.07. The van der Waals surface area contributed by atoms with E-state index >= 15 is 0 Å². The zero-order valence-electron chi connectivity index (χ0n) is 10.5. The Morgan fingerprint density at radius 2 is 2.22 bits per heavy atom. The van der Waals surface area contributed by atoms with Crippen LogP contribution in [0.15, 0.2) is 23.2 Å². The molecule has 0 saturated carbocycles. The molecule has 0 saturated heterocycles. The molecule has 3 N–H and O–H groups in total. The van der Waals surface area contributed by atoms with Gasteiger partial charge in [-0.2, -0.15) is 11.3 Å². The van der Waals surface area contributed by atoms with E-state index < -0.39 is 0 Å². The van der Waals surface area contributed by atoms with Crippen molar-refractivity contribution in [1.29, 1.82) is 0 Å². The van der Waals surface area contributed by atoms with Gasteiger partial charge >= 0.3 is 0 Å². The monoisotopic (exact) mass is 262 g/mol. The van der Waals surface area contributed by atoms with E-state index in [4.69, 9.17) is 5.73 Å². The lowest BCUT2D eigenvalue weighted by atomic mass is 10.1. The predicted octanol–water partition coefficient (Wildman–Crippen LogP) is 2.73. The molecule has 2 aromatic heterocycles. The fourth-order valence-electron chi connectivity index (χ4n) is 1.83. The minimum Gasteiger partial charge on any atom is -0.383 e. The first-order valence-electron chi connectivity index (χ1n) is 6.15. The number of hydrogen-bond acceptors (Lipinski definition) is 5. The molecule has 0 radical (unpaired) electrons. The van der Waals surface area contributed by atoms with E-state index in [1.54, 1.807) is 11.3 Å². The highest BCUT2D eigenvalue weighted by Gasteiger charge is 2.07. The van der Waals surface area contributed by atoms with E-state index in [0.29, 0.717) is 5.82 Å². The smallest absolute Gasteiger partial charge is 0.134 e. The third-order valence-electron chi connectivity index (χ3n) is 2.76. The van der Waals surface area contributed by atoms with Gasteiger partial charge in [0.2, 0.25) is 0 Å². The van der Waals surface area contributed by atoms with Crippen LogP contribution in [0.5, 0.6) is 0 Å². The summed E-state index contributed by atoms with van der Waals surface area (Å²) in [5.74, 6) is 1.46. The summed E-state index contributed by atoms with van der Waals surface area (Å²) < 4.78 is 0. The third-order valence-corrected chi connectivity index (χ3v) is 3.50. The topological polar surface area (TPSA) is 63.8 Å². The Hall–Kier alpha value is -1.62. The lowest BCUT2D eigenvalue weighted by Gasteiger charge is -2.11. The maximum absolute atomic E-state index is 5.88. The molecule has 0 unspecified atom stereocenters. The van der Waals surface area contributed by atoms with Gasteiger partial charge in [0.1, 0.15) is 18.0 Å². The maximum atomic E-state index is 5.88. The SMILES string of the molecule is CCCc1c(N)ncnc1NCCc1ccsc1. The summed E-state index contributed by atoms with van der Waals surface area (Å²) in [4.78, 5) is 8.32. The highest BCUT2D eigenvalue weighted by atomic mass is 32.1. The summed E-state index contributed by atoms with van der Waals surface area (Å²) in [7, 11) is 0. The first-order valence-corrected chi connectivity index (χ1v) is 7.09. The third kappa shape index (κ3) is 3.20. The number of rotatable bonds is 6. The molecule has 0 aliphatic rings. The Balaban J connectivity index is 1.98. The van der Waals surface area contributed by atoms with Gasteiger partial charge in [0.25, 0.3) is 0 Å². The number of aromatic nitrogens is 2. The van der Waals surface area contributed by atoms with E-state index in [2.05, 4.69) is 39.0 Å². The quantitative estimate of drug-likeness (QED) is 0.840. The fraction of sp³-hybridized carbons (Fsp3) is 0.385. The molecule has 96 valence electrons. The standard InChI is InChI=1S/C13H18N4S/c1-2-3-11-12(14)16-9-17-13(11)15-6-4-10-5-7-18-8-10/h5,7-9H,2-4,6H2,1H3,(H3,14,15,16,17). The van der Waals surface area contributed by atoms with Crippen molar-refractivity contribution in [2.24, 2.45) is 0 Å². The molecular formula is C13H18N4S. The van der Waals surface area contributed by atoms with Gasteiger partial charge in [0.05, 0.1) is 0 Å². The molecule has 2 rings (SSSR count).